The average molecular weight is 331 g/mol. The molecule has 0 aliphatic carbocycles. The number of nitrogens with zero attached hydrogens (tertiary/aromatic N) is 4. The number of fused-ring (bicyclic) bond motifs is 1. The molecule has 0 unspecified atom stereocenters. The van der Waals surface area contributed by atoms with Crippen LogP contribution in [0.5, 0.6) is 0 Å². The van der Waals surface area contributed by atoms with E-state index in [1.165, 1.54) is 0 Å². The Bertz CT molecular complexity index is 658. The molecule has 23 heavy (non-hydrogen) atoms. The topological polar surface area (TPSA) is 44.9 Å². The van der Waals surface area contributed by atoms with Gasteiger partial charge in [-0.15, -0.1) is 0 Å². The lowest BCUT2D eigenvalue weighted by molar-refractivity contribution is 0.376. The lowest BCUT2D eigenvalue weighted by Gasteiger charge is -2.39. The third-order valence-corrected chi connectivity index (χ3v) is 5.31. The van der Waals surface area contributed by atoms with E-state index in [0.717, 1.165) is 49.1 Å². The van der Waals surface area contributed by atoms with Gasteiger partial charge < -0.3 is 14.6 Å². The van der Waals surface area contributed by atoms with Gasteiger partial charge in [-0.2, -0.15) is 11.8 Å². The maximum Gasteiger partial charge on any atom is 0.193 e. The van der Waals surface area contributed by atoms with Crippen molar-refractivity contribution >= 4 is 23.4 Å². The van der Waals surface area contributed by atoms with Crippen LogP contribution in [0.25, 0.3) is 5.65 Å². The van der Waals surface area contributed by atoms with Crippen molar-refractivity contribution in [2.24, 2.45) is 4.99 Å². The Morgan fingerprint density at radius 2 is 2.30 bits per heavy atom. The quantitative estimate of drug-likeness (QED) is 0.692. The molecule has 3 rings (SSSR count). The zero-order valence-electron chi connectivity index (χ0n) is 14.1. The highest BCUT2D eigenvalue weighted by molar-refractivity contribution is 8.00. The molecule has 1 aliphatic rings. The van der Waals surface area contributed by atoms with E-state index >= 15 is 0 Å². The zero-order valence-corrected chi connectivity index (χ0v) is 14.9. The van der Waals surface area contributed by atoms with Gasteiger partial charge in [-0.05, 0) is 26.0 Å². The van der Waals surface area contributed by atoms with Crippen molar-refractivity contribution in [2.75, 3.05) is 32.4 Å². The second kappa shape index (κ2) is 6.83. The van der Waals surface area contributed by atoms with Gasteiger partial charge in [0.25, 0.3) is 0 Å². The highest BCUT2D eigenvalue weighted by atomic mass is 32.2. The maximum absolute atomic E-state index is 4.64. The van der Waals surface area contributed by atoms with E-state index in [0.29, 0.717) is 0 Å². The van der Waals surface area contributed by atoms with Crippen molar-refractivity contribution in [3.63, 3.8) is 0 Å². The van der Waals surface area contributed by atoms with Gasteiger partial charge in [0.2, 0.25) is 0 Å². The number of hydrogen-bond acceptors (Lipinski definition) is 3. The van der Waals surface area contributed by atoms with E-state index in [1.807, 2.05) is 43.2 Å². The van der Waals surface area contributed by atoms with Crippen LogP contribution in [0.15, 0.2) is 35.6 Å². The van der Waals surface area contributed by atoms with Crippen LogP contribution in [0.4, 0.5) is 0 Å². The predicted octanol–water partition coefficient (Wildman–Crippen LogP) is 2.28. The molecule has 0 saturated carbocycles. The molecule has 5 nitrogen and oxygen atoms in total. The van der Waals surface area contributed by atoms with E-state index in [4.69, 9.17) is 0 Å². The number of aromatic nitrogens is 2. The second-order valence-electron chi connectivity index (χ2n) is 6.45. The average Bonchev–Trinajstić information content (AvgIpc) is 2.93. The van der Waals surface area contributed by atoms with Crippen molar-refractivity contribution in [1.82, 2.24) is 19.6 Å². The summed E-state index contributed by atoms with van der Waals surface area (Å²) in [7, 11) is 1.86. The summed E-state index contributed by atoms with van der Waals surface area (Å²) >= 11 is 2.04. The van der Waals surface area contributed by atoms with Gasteiger partial charge in [-0.3, -0.25) is 4.99 Å². The summed E-state index contributed by atoms with van der Waals surface area (Å²) in [6.45, 7) is 7.54. The van der Waals surface area contributed by atoms with Crippen molar-refractivity contribution < 1.29 is 0 Å². The van der Waals surface area contributed by atoms with E-state index in [1.54, 1.807) is 0 Å². The molecule has 2 aromatic heterocycles. The van der Waals surface area contributed by atoms with E-state index in [2.05, 4.69) is 44.6 Å². The number of imidazole rings is 1. The molecule has 0 radical (unpaired) electrons. The molecular weight excluding hydrogens is 306 g/mol. The molecule has 3 heterocycles. The highest BCUT2D eigenvalue weighted by Crippen LogP contribution is 2.29. The maximum atomic E-state index is 4.64. The first-order valence-corrected chi connectivity index (χ1v) is 9.08. The Balaban J connectivity index is 1.56. The molecule has 0 spiro atoms. The third-order valence-electron chi connectivity index (χ3n) is 4.02. The Hall–Kier alpha value is -1.69. The van der Waals surface area contributed by atoms with Crippen molar-refractivity contribution in [3.05, 3.63) is 36.3 Å². The Labute approximate surface area is 142 Å². The number of pyridine rings is 1. The van der Waals surface area contributed by atoms with Gasteiger partial charge in [-0.25, -0.2) is 4.98 Å². The molecule has 6 heteroatoms. The minimum atomic E-state index is 0.289. The van der Waals surface area contributed by atoms with E-state index in [9.17, 15) is 0 Å². The summed E-state index contributed by atoms with van der Waals surface area (Å²) in [5.41, 5.74) is 2.11. The zero-order chi connectivity index (χ0) is 16.3. The van der Waals surface area contributed by atoms with Gasteiger partial charge in [0, 0.05) is 56.0 Å². The molecule has 1 fully saturated rings. The molecular formula is C17H25N5S. The normalized spacial score (nSPS) is 18.4. The molecule has 0 aromatic carbocycles. The van der Waals surface area contributed by atoms with Gasteiger partial charge in [0.1, 0.15) is 5.65 Å². The number of thioether (sulfide) groups is 1. The number of hydrogen-bond donors (Lipinski definition) is 1. The number of rotatable bonds is 3. The predicted molar refractivity (Wildman–Crippen MR) is 98.4 cm³/mol. The summed E-state index contributed by atoms with van der Waals surface area (Å²) in [6.07, 6.45) is 5.03. The Morgan fingerprint density at radius 1 is 1.43 bits per heavy atom. The van der Waals surface area contributed by atoms with Crippen molar-refractivity contribution in [2.45, 2.75) is 25.0 Å². The summed E-state index contributed by atoms with van der Waals surface area (Å²) in [4.78, 5) is 11.4. The highest BCUT2D eigenvalue weighted by Gasteiger charge is 2.28. The molecule has 0 atom stereocenters. The summed E-state index contributed by atoms with van der Waals surface area (Å²) in [6, 6.07) is 6.07. The van der Waals surface area contributed by atoms with Crippen LogP contribution in [0.3, 0.4) is 0 Å². The molecule has 1 N–H and O–H groups in total. The molecule has 0 bridgehead atoms. The fourth-order valence-electron chi connectivity index (χ4n) is 2.94. The minimum absolute atomic E-state index is 0.289. The number of aliphatic imine (C=N–C) groups is 1. The standard InChI is InChI=1S/C17H25N5S/c1-17(2)13-22(10-11-23-17)16(18-3)19-8-7-14-12-21-9-5-4-6-15(21)20-14/h4-6,9,12H,7-8,10-11,13H2,1-3H3,(H,18,19). The van der Waals surface area contributed by atoms with Crippen LogP contribution in [0.2, 0.25) is 0 Å². The fourth-order valence-corrected chi connectivity index (χ4v) is 4.05. The number of guanidine groups is 1. The lowest BCUT2D eigenvalue weighted by atomic mass is 10.2. The lowest BCUT2D eigenvalue weighted by Crippen LogP contribution is -2.51. The van der Waals surface area contributed by atoms with Crippen LogP contribution < -0.4 is 5.32 Å². The summed E-state index contributed by atoms with van der Waals surface area (Å²) < 4.78 is 2.35. The van der Waals surface area contributed by atoms with Crippen LogP contribution >= 0.6 is 11.8 Å². The van der Waals surface area contributed by atoms with Gasteiger partial charge in [-0.1, -0.05) is 6.07 Å². The first-order chi connectivity index (χ1) is 11.1. The largest absolute Gasteiger partial charge is 0.356 e. The molecule has 0 amide bonds. The van der Waals surface area contributed by atoms with Crippen molar-refractivity contribution in [1.29, 1.82) is 0 Å². The first kappa shape index (κ1) is 16.2. The van der Waals surface area contributed by atoms with Crippen LogP contribution in [0.1, 0.15) is 19.5 Å². The monoisotopic (exact) mass is 331 g/mol. The molecule has 1 saturated heterocycles. The summed E-state index contributed by atoms with van der Waals surface area (Å²) in [5, 5.41) is 3.49. The second-order valence-corrected chi connectivity index (χ2v) is 8.25. The number of nitrogens with one attached hydrogen (secondary N) is 1. The van der Waals surface area contributed by atoms with Gasteiger partial charge >= 0.3 is 0 Å². The Kier molecular flexibility index (Phi) is 4.80. The van der Waals surface area contributed by atoms with E-state index < -0.39 is 0 Å². The van der Waals surface area contributed by atoms with Gasteiger partial charge in [0.05, 0.1) is 5.69 Å². The third kappa shape index (κ3) is 3.99. The molecule has 2 aromatic rings. The smallest absolute Gasteiger partial charge is 0.193 e. The van der Waals surface area contributed by atoms with Crippen LogP contribution in [-0.2, 0) is 6.42 Å². The van der Waals surface area contributed by atoms with Crippen LogP contribution in [0, 0.1) is 0 Å². The fraction of sp³-hybridized carbons (Fsp3) is 0.529. The van der Waals surface area contributed by atoms with Crippen molar-refractivity contribution in [3.8, 4) is 0 Å². The Morgan fingerprint density at radius 3 is 3.04 bits per heavy atom. The molecule has 124 valence electrons. The SMILES string of the molecule is CN=C(NCCc1cn2ccccc2n1)N1CCSC(C)(C)C1. The summed E-state index contributed by atoms with van der Waals surface area (Å²) in [5.74, 6) is 2.15. The molecule has 1 aliphatic heterocycles. The van der Waals surface area contributed by atoms with Crippen LogP contribution in [-0.4, -0.2) is 57.4 Å². The van der Waals surface area contributed by atoms with Gasteiger partial charge in [0.15, 0.2) is 5.96 Å². The minimum Gasteiger partial charge on any atom is -0.356 e. The van der Waals surface area contributed by atoms with E-state index in [-0.39, 0.29) is 4.75 Å². The first-order valence-electron chi connectivity index (χ1n) is 8.09.